The summed E-state index contributed by atoms with van der Waals surface area (Å²) < 4.78 is 69.2. The number of carbonyl (C=O) groups excluding carboxylic acids is 7. The number of hydrogen-bond acceptors (Lipinski definition) is 19. The highest BCUT2D eigenvalue weighted by Gasteiger charge is 2.55. The third-order valence-corrected chi connectivity index (χ3v) is 9.45. The second kappa shape index (κ2) is 20.3. The van der Waals surface area contributed by atoms with Crippen molar-refractivity contribution in [3.05, 3.63) is 0 Å². The van der Waals surface area contributed by atoms with Gasteiger partial charge in [0.1, 0.15) is 12.2 Å². The number of esters is 7. The van der Waals surface area contributed by atoms with Gasteiger partial charge >= 0.3 is 41.8 Å². The Morgan fingerprint density at radius 2 is 0.745 bits per heavy atom. The zero-order valence-electron chi connectivity index (χ0n) is 33.0. The Bertz CT molecular complexity index is 1380. The lowest BCUT2D eigenvalue weighted by Gasteiger charge is -2.47. The highest BCUT2D eigenvalue weighted by atomic mass is 16.8. The van der Waals surface area contributed by atoms with Crippen molar-refractivity contribution in [3.8, 4) is 0 Å². The van der Waals surface area contributed by atoms with Gasteiger partial charge < -0.3 is 56.8 Å². The summed E-state index contributed by atoms with van der Waals surface area (Å²) in [5, 5.41) is 0. The number of hydrogen-bond donors (Lipinski definition) is 0. The standard InChI is InChI=1S/C36H54O19/c1-12-25-15(2)16(3)29(47-19(6)38)34(53-25)44-13-26-17(4)28(46-18(5)37)32(50-22(9)41)35(54-26)45-14-27-30(48-20(7)39)31(49-21(8)40)33(51-23(10)42)36(55-27)52-24(11)43/h15-17,25-36H,12-14H2,1-11H3/t15-,16-,17+,25+,26?,27?,28-,29+,30+,31-,32+,33+,34+,35+,36?/m0/s1. The fourth-order valence-corrected chi connectivity index (χ4v) is 6.89. The zero-order valence-corrected chi connectivity index (χ0v) is 33.0. The van der Waals surface area contributed by atoms with E-state index in [4.69, 9.17) is 56.8 Å². The van der Waals surface area contributed by atoms with Crippen LogP contribution in [0.2, 0.25) is 0 Å². The molecule has 0 aliphatic carbocycles. The highest BCUT2D eigenvalue weighted by Crippen LogP contribution is 2.37. The SMILES string of the molecule is CC[C@H]1O[C@@H](OCC2O[C@@H](OCC3OC(OC(C)=O)[C@H](OC(C)=O)[C@@H](OC(C)=O)[C@@H]3OC(C)=O)[C@H](OC(C)=O)[C@@H](OC(C)=O)[C@@H]2C)[C@H](OC(C)=O)[C@@H](C)[C@@H]1C. The molecule has 312 valence electrons. The first-order valence-electron chi connectivity index (χ1n) is 18.1. The van der Waals surface area contributed by atoms with E-state index in [1.165, 1.54) is 13.8 Å². The molecule has 19 nitrogen and oxygen atoms in total. The summed E-state index contributed by atoms with van der Waals surface area (Å²) in [6, 6.07) is 0. The molecule has 19 heteroatoms. The average Bonchev–Trinajstić information content (AvgIpc) is 3.06. The molecule has 0 aromatic heterocycles. The second-order valence-corrected chi connectivity index (χ2v) is 13.8. The summed E-state index contributed by atoms with van der Waals surface area (Å²) in [5.74, 6) is -6.19. The first-order chi connectivity index (χ1) is 25.7. The van der Waals surface area contributed by atoms with Crippen molar-refractivity contribution < 1.29 is 90.4 Å². The largest absolute Gasteiger partial charge is 0.458 e. The Hall–Kier alpha value is -3.91. The van der Waals surface area contributed by atoms with E-state index in [1.54, 1.807) is 6.92 Å². The maximum absolute atomic E-state index is 12.4. The van der Waals surface area contributed by atoms with E-state index in [-0.39, 0.29) is 24.5 Å². The molecule has 3 saturated heterocycles. The summed E-state index contributed by atoms with van der Waals surface area (Å²) in [4.78, 5) is 85.5. The molecule has 0 spiro atoms. The molecule has 0 aromatic rings. The lowest BCUT2D eigenvalue weighted by atomic mass is 9.82. The van der Waals surface area contributed by atoms with Crippen LogP contribution in [0.1, 0.15) is 82.6 Å². The Labute approximate surface area is 319 Å². The molecule has 55 heavy (non-hydrogen) atoms. The molecule has 0 amide bonds. The van der Waals surface area contributed by atoms with E-state index in [0.29, 0.717) is 6.42 Å². The summed E-state index contributed by atoms with van der Waals surface area (Å²) in [6.45, 7) is 14.7. The van der Waals surface area contributed by atoms with Gasteiger partial charge in [0.25, 0.3) is 0 Å². The Balaban J connectivity index is 1.98. The lowest BCUT2D eigenvalue weighted by Crippen LogP contribution is -2.64. The monoisotopic (exact) mass is 790 g/mol. The molecule has 0 N–H and O–H groups in total. The van der Waals surface area contributed by atoms with Crippen LogP contribution in [0.5, 0.6) is 0 Å². The van der Waals surface area contributed by atoms with Gasteiger partial charge in [-0.1, -0.05) is 27.7 Å². The first-order valence-corrected chi connectivity index (χ1v) is 18.1. The molecular formula is C36H54O19. The van der Waals surface area contributed by atoms with Gasteiger partial charge in [0, 0.05) is 60.3 Å². The van der Waals surface area contributed by atoms with Crippen molar-refractivity contribution in [3.63, 3.8) is 0 Å². The number of carbonyl (C=O) groups is 7. The minimum absolute atomic E-state index is 0.0395. The normalized spacial score (nSPS) is 36.0. The summed E-state index contributed by atoms with van der Waals surface area (Å²) >= 11 is 0. The van der Waals surface area contributed by atoms with Crippen molar-refractivity contribution in [1.29, 1.82) is 0 Å². The molecule has 0 bridgehead atoms. The Kier molecular flexibility index (Phi) is 16.8. The molecule has 3 unspecified atom stereocenters. The van der Waals surface area contributed by atoms with E-state index in [0.717, 1.165) is 34.6 Å². The van der Waals surface area contributed by atoms with Crippen molar-refractivity contribution >= 4 is 41.8 Å². The Morgan fingerprint density at radius 1 is 0.382 bits per heavy atom. The minimum Gasteiger partial charge on any atom is -0.458 e. The van der Waals surface area contributed by atoms with Crippen LogP contribution in [0.3, 0.4) is 0 Å². The van der Waals surface area contributed by atoms with Gasteiger partial charge in [0.15, 0.2) is 37.0 Å². The predicted molar refractivity (Wildman–Crippen MR) is 181 cm³/mol. The highest BCUT2D eigenvalue weighted by molar-refractivity contribution is 5.69. The lowest BCUT2D eigenvalue weighted by molar-refractivity contribution is -0.333. The summed E-state index contributed by atoms with van der Waals surface area (Å²) in [5.41, 5.74) is 0. The van der Waals surface area contributed by atoms with Gasteiger partial charge in [0.05, 0.1) is 25.4 Å². The maximum atomic E-state index is 12.4. The second-order valence-electron chi connectivity index (χ2n) is 13.8. The maximum Gasteiger partial charge on any atom is 0.305 e. The smallest absolute Gasteiger partial charge is 0.305 e. The van der Waals surface area contributed by atoms with Crippen LogP contribution in [0.15, 0.2) is 0 Å². The van der Waals surface area contributed by atoms with Crippen LogP contribution in [-0.2, 0) is 90.4 Å². The van der Waals surface area contributed by atoms with Gasteiger partial charge in [-0.25, -0.2) is 0 Å². The fraction of sp³-hybridized carbons (Fsp3) is 0.806. The average molecular weight is 791 g/mol. The molecule has 15 atom stereocenters. The van der Waals surface area contributed by atoms with Crippen LogP contribution in [0, 0.1) is 17.8 Å². The van der Waals surface area contributed by atoms with Gasteiger partial charge in [-0.05, 0) is 12.3 Å². The van der Waals surface area contributed by atoms with Gasteiger partial charge in [-0.2, -0.15) is 0 Å². The van der Waals surface area contributed by atoms with E-state index >= 15 is 0 Å². The van der Waals surface area contributed by atoms with Crippen molar-refractivity contribution in [2.24, 2.45) is 17.8 Å². The van der Waals surface area contributed by atoms with Crippen LogP contribution >= 0.6 is 0 Å². The van der Waals surface area contributed by atoms with Crippen molar-refractivity contribution in [1.82, 2.24) is 0 Å². The van der Waals surface area contributed by atoms with Gasteiger partial charge in [0.2, 0.25) is 12.4 Å². The third kappa shape index (κ3) is 12.5. The molecule has 0 radical (unpaired) electrons. The molecule has 0 aromatic carbocycles. The molecule has 3 heterocycles. The van der Waals surface area contributed by atoms with Crippen LogP contribution in [0.25, 0.3) is 0 Å². The van der Waals surface area contributed by atoms with Gasteiger partial charge in [-0.3, -0.25) is 33.6 Å². The topological polar surface area (TPSA) is 230 Å². The summed E-state index contributed by atoms with van der Waals surface area (Å²) in [6.07, 6.45) is -13.9. The van der Waals surface area contributed by atoms with E-state index < -0.39 is 122 Å². The van der Waals surface area contributed by atoms with E-state index in [2.05, 4.69) is 0 Å². The molecule has 3 aliphatic heterocycles. The summed E-state index contributed by atoms with van der Waals surface area (Å²) in [7, 11) is 0. The number of rotatable bonds is 14. The third-order valence-electron chi connectivity index (χ3n) is 9.45. The number of ether oxygens (including phenoxy) is 12. The van der Waals surface area contributed by atoms with E-state index in [9.17, 15) is 33.6 Å². The molecule has 3 aliphatic rings. The minimum atomic E-state index is -1.67. The molecule has 3 fully saturated rings. The first kappa shape index (κ1) is 45.5. The zero-order chi connectivity index (χ0) is 41.3. The van der Waals surface area contributed by atoms with Crippen molar-refractivity contribution in [2.45, 2.75) is 156 Å². The fourth-order valence-electron chi connectivity index (χ4n) is 6.89. The Morgan fingerprint density at radius 3 is 1.24 bits per heavy atom. The van der Waals surface area contributed by atoms with Gasteiger partial charge in [-0.15, -0.1) is 0 Å². The molecule has 0 saturated carbocycles. The predicted octanol–water partition coefficient (Wildman–Crippen LogP) is 1.67. The van der Waals surface area contributed by atoms with Crippen LogP contribution in [0.4, 0.5) is 0 Å². The van der Waals surface area contributed by atoms with Crippen LogP contribution in [-0.4, -0.2) is 129 Å². The molecular weight excluding hydrogens is 736 g/mol. The van der Waals surface area contributed by atoms with Crippen LogP contribution < -0.4 is 0 Å². The molecule has 3 rings (SSSR count). The van der Waals surface area contributed by atoms with E-state index in [1.807, 2.05) is 20.8 Å². The quantitative estimate of drug-likeness (QED) is 0.180. The van der Waals surface area contributed by atoms with Crippen molar-refractivity contribution in [2.75, 3.05) is 13.2 Å².